The molecule has 2 N–H and O–H groups in total. The molecule has 1 saturated heterocycles. The summed E-state index contributed by atoms with van der Waals surface area (Å²) in [4.78, 5) is 11.7. The van der Waals surface area contributed by atoms with Gasteiger partial charge in [-0.05, 0) is 55.6 Å². The van der Waals surface area contributed by atoms with Crippen LogP contribution in [-0.2, 0) is 4.79 Å². The maximum absolute atomic E-state index is 12.7. The second-order valence-electron chi connectivity index (χ2n) is 5.58. The zero-order valence-electron chi connectivity index (χ0n) is 11.7. The van der Waals surface area contributed by atoms with Gasteiger partial charge in [0.05, 0.1) is 0 Å². The number of ether oxygens (including phenoxy) is 1. The maximum atomic E-state index is 12.7. The molecule has 0 saturated carbocycles. The lowest BCUT2D eigenvalue weighted by atomic mass is 9.81. The van der Waals surface area contributed by atoms with Gasteiger partial charge in [-0.15, -0.1) is 0 Å². The van der Waals surface area contributed by atoms with Crippen molar-refractivity contribution in [1.82, 2.24) is 10.6 Å². The third-order valence-electron chi connectivity index (χ3n) is 3.71. The molecule has 0 unspecified atom stereocenters. The number of hydrogen-bond donors (Lipinski definition) is 2. The van der Waals surface area contributed by atoms with Gasteiger partial charge in [0.25, 0.3) is 5.91 Å². The van der Waals surface area contributed by atoms with Crippen LogP contribution in [-0.4, -0.2) is 32.1 Å². The second-order valence-corrected chi connectivity index (χ2v) is 5.58. The van der Waals surface area contributed by atoms with Crippen molar-refractivity contribution in [3.8, 4) is 5.75 Å². The van der Waals surface area contributed by atoms with Crippen LogP contribution >= 0.6 is 0 Å². The number of carbonyl (C=O) groups is 1. The topological polar surface area (TPSA) is 50.4 Å². The smallest absolute Gasteiger partial charge is 0.257 e. The predicted octanol–water partition coefficient (Wildman–Crippen LogP) is 1.71. The molecule has 1 heterocycles. The van der Waals surface area contributed by atoms with Crippen LogP contribution in [0.25, 0.3) is 0 Å². The van der Waals surface area contributed by atoms with Gasteiger partial charge in [0, 0.05) is 6.54 Å². The highest BCUT2D eigenvalue weighted by atomic mass is 19.1. The van der Waals surface area contributed by atoms with E-state index in [2.05, 4.69) is 17.6 Å². The number of amides is 1. The number of hydrogen-bond acceptors (Lipinski definition) is 3. The zero-order chi connectivity index (χ0) is 14.4. The predicted molar refractivity (Wildman–Crippen MR) is 75.1 cm³/mol. The molecule has 5 heteroatoms. The molecular weight excluding hydrogens is 259 g/mol. The molecule has 0 aliphatic carbocycles. The van der Waals surface area contributed by atoms with Crippen LogP contribution in [0.3, 0.4) is 0 Å². The zero-order valence-corrected chi connectivity index (χ0v) is 11.7. The van der Waals surface area contributed by atoms with E-state index in [0.717, 1.165) is 25.9 Å². The van der Waals surface area contributed by atoms with Gasteiger partial charge in [-0.25, -0.2) is 4.39 Å². The minimum absolute atomic E-state index is 0.0417. The van der Waals surface area contributed by atoms with Crippen LogP contribution in [0, 0.1) is 11.2 Å². The molecule has 2 rings (SSSR count). The van der Waals surface area contributed by atoms with Crippen molar-refractivity contribution < 1.29 is 13.9 Å². The first-order valence-electron chi connectivity index (χ1n) is 6.93. The first-order chi connectivity index (χ1) is 9.57. The Morgan fingerprint density at radius 3 is 2.65 bits per heavy atom. The first kappa shape index (κ1) is 14.8. The molecule has 1 aromatic carbocycles. The van der Waals surface area contributed by atoms with E-state index in [1.54, 1.807) is 0 Å². The molecule has 0 aromatic heterocycles. The highest BCUT2D eigenvalue weighted by Crippen LogP contribution is 2.26. The molecular formula is C15H21FN2O2. The summed E-state index contributed by atoms with van der Waals surface area (Å²) in [5.41, 5.74) is 0.163. The Morgan fingerprint density at radius 2 is 2.00 bits per heavy atom. The summed E-state index contributed by atoms with van der Waals surface area (Å²) in [6.07, 6.45) is 2.12. The van der Waals surface area contributed by atoms with Gasteiger partial charge >= 0.3 is 0 Å². The fraction of sp³-hybridized carbons (Fsp3) is 0.533. The lowest BCUT2D eigenvalue weighted by Crippen LogP contribution is -2.43. The highest BCUT2D eigenvalue weighted by molar-refractivity contribution is 5.77. The van der Waals surface area contributed by atoms with Crippen LogP contribution in [0.5, 0.6) is 5.75 Å². The molecule has 4 nitrogen and oxygen atoms in total. The largest absolute Gasteiger partial charge is 0.484 e. The number of nitrogens with one attached hydrogen (secondary N) is 2. The van der Waals surface area contributed by atoms with Gasteiger partial charge in [-0.3, -0.25) is 4.79 Å². The SMILES string of the molecule is CC1(CNC(=O)COc2ccc(F)cc2)CCNCC1. The van der Waals surface area contributed by atoms with Gasteiger partial charge in [-0.1, -0.05) is 6.92 Å². The van der Waals surface area contributed by atoms with Gasteiger partial charge in [-0.2, -0.15) is 0 Å². The molecule has 20 heavy (non-hydrogen) atoms. The third-order valence-corrected chi connectivity index (χ3v) is 3.71. The van der Waals surface area contributed by atoms with E-state index in [1.807, 2.05) is 0 Å². The average molecular weight is 280 g/mol. The van der Waals surface area contributed by atoms with E-state index >= 15 is 0 Å². The minimum Gasteiger partial charge on any atom is -0.484 e. The van der Waals surface area contributed by atoms with Crippen molar-refractivity contribution in [2.45, 2.75) is 19.8 Å². The number of piperidine rings is 1. The van der Waals surface area contributed by atoms with E-state index in [4.69, 9.17) is 4.74 Å². The van der Waals surface area contributed by atoms with E-state index in [-0.39, 0.29) is 23.7 Å². The fourth-order valence-corrected chi connectivity index (χ4v) is 2.25. The maximum Gasteiger partial charge on any atom is 0.257 e. The Bertz CT molecular complexity index is 442. The molecule has 0 radical (unpaired) electrons. The summed E-state index contributed by atoms with van der Waals surface area (Å²) in [5.74, 6) is 0.0318. The Kier molecular flexibility index (Phi) is 4.95. The summed E-state index contributed by atoms with van der Waals surface area (Å²) in [7, 11) is 0. The first-order valence-corrected chi connectivity index (χ1v) is 6.93. The summed E-state index contributed by atoms with van der Waals surface area (Å²) >= 11 is 0. The Morgan fingerprint density at radius 1 is 1.35 bits per heavy atom. The van der Waals surface area contributed by atoms with Crippen molar-refractivity contribution in [3.05, 3.63) is 30.1 Å². The van der Waals surface area contributed by atoms with Crippen molar-refractivity contribution in [2.24, 2.45) is 5.41 Å². The standard InChI is InChI=1S/C15H21FN2O2/c1-15(6-8-17-9-7-15)11-18-14(19)10-20-13-4-2-12(16)3-5-13/h2-5,17H,6-11H2,1H3,(H,18,19). The molecule has 110 valence electrons. The van der Waals surface area contributed by atoms with Gasteiger partial charge in [0.1, 0.15) is 11.6 Å². The second kappa shape index (κ2) is 6.70. The van der Waals surface area contributed by atoms with E-state index in [9.17, 15) is 9.18 Å². The number of halogens is 1. The van der Waals surface area contributed by atoms with Crippen molar-refractivity contribution >= 4 is 5.91 Å². The highest BCUT2D eigenvalue weighted by Gasteiger charge is 2.26. The monoisotopic (exact) mass is 280 g/mol. The summed E-state index contributed by atoms with van der Waals surface area (Å²) in [6, 6.07) is 5.64. The van der Waals surface area contributed by atoms with Gasteiger partial charge < -0.3 is 15.4 Å². The molecule has 0 bridgehead atoms. The lowest BCUT2D eigenvalue weighted by Gasteiger charge is -2.34. The number of rotatable bonds is 5. The van der Waals surface area contributed by atoms with Crippen LogP contribution < -0.4 is 15.4 Å². The molecule has 1 aromatic rings. The van der Waals surface area contributed by atoms with Crippen LogP contribution in [0.4, 0.5) is 4.39 Å². The number of carbonyl (C=O) groups excluding carboxylic acids is 1. The molecule has 0 spiro atoms. The van der Waals surface area contributed by atoms with Gasteiger partial charge in [0.2, 0.25) is 0 Å². The van der Waals surface area contributed by atoms with Crippen molar-refractivity contribution in [3.63, 3.8) is 0 Å². The Balaban J connectivity index is 1.71. The summed E-state index contributed by atoms with van der Waals surface area (Å²) in [6.45, 7) is 4.81. The lowest BCUT2D eigenvalue weighted by molar-refractivity contribution is -0.123. The van der Waals surface area contributed by atoms with Gasteiger partial charge in [0.15, 0.2) is 6.61 Å². The Labute approximate surface area is 118 Å². The number of benzene rings is 1. The van der Waals surface area contributed by atoms with Crippen molar-refractivity contribution in [1.29, 1.82) is 0 Å². The third kappa shape index (κ3) is 4.49. The molecule has 1 aliphatic rings. The van der Waals surface area contributed by atoms with Crippen LogP contribution in [0.15, 0.2) is 24.3 Å². The van der Waals surface area contributed by atoms with E-state index in [0.29, 0.717) is 12.3 Å². The summed E-state index contributed by atoms with van der Waals surface area (Å²) in [5, 5.41) is 6.22. The quantitative estimate of drug-likeness (QED) is 0.863. The van der Waals surface area contributed by atoms with Crippen molar-refractivity contribution in [2.75, 3.05) is 26.2 Å². The Hall–Kier alpha value is -1.62. The van der Waals surface area contributed by atoms with Crippen LogP contribution in [0.2, 0.25) is 0 Å². The fourth-order valence-electron chi connectivity index (χ4n) is 2.25. The van der Waals surface area contributed by atoms with E-state index in [1.165, 1.54) is 24.3 Å². The minimum atomic E-state index is -0.319. The van der Waals surface area contributed by atoms with E-state index < -0.39 is 0 Å². The molecule has 1 aliphatic heterocycles. The molecule has 1 fully saturated rings. The molecule has 0 atom stereocenters. The summed E-state index contributed by atoms with van der Waals surface area (Å²) < 4.78 is 18.0. The van der Waals surface area contributed by atoms with Crippen LogP contribution in [0.1, 0.15) is 19.8 Å². The molecule has 1 amide bonds. The average Bonchev–Trinajstić information content (AvgIpc) is 2.45. The normalized spacial score (nSPS) is 17.5.